The van der Waals surface area contributed by atoms with Gasteiger partial charge in [-0.25, -0.2) is 9.69 Å². The highest BCUT2D eigenvalue weighted by molar-refractivity contribution is 6.02. The Hall–Kier alpha value is -3.86. The van der Waals surface area contributed by atoms with Crippen molar-refractivity contribution in [2.24, 2.45) is 0 Å². The second-order valence-electron chi connectivity index (χ2n) is 6.29. The summed E-state index contributed by atoms with van der Waals surface area (Å²) in [7, 11) is 0. The van der Waals surface area contributed by atoms with Crippen LogP contribution in [-0.4, -0.2) is 23.5 Å². The molecule has 1 fully saturated rings. The van der Waals surface area contributed by atoms with E-state index in [9.17, 15) is 9.59 Å². The Balaban J connectivity index is 1.60. The maximum Gasteiger partial charge on any atom is 0.417 e. The van der Waals surface area contributed by atoms with E-state index in [1.807, 2.05) is 36.4 Å². The van der Waals surface area contributed by atoms with E-state index in [-0.39, 0.29) is 0 Å². The first-order valence-electron chi connectivity index (χ1n) is 10.1. The monoisotopic (exact) mass is 387 g/mol. The first-order valence-corrected chi connectivity index (χ1v) is 9.07. The Morgan fingerprint density at radius 1 is 1.00 bits per heavy atom. The van der Waals surface area contributed by atoms with Gasteiger partial charge in [-0.15, -0.1) is 0 Å². The molecule has 5 nitrogen and oxygen atoms in total. The van der Waals surface area contributed by atoms with Crippen LogP contribution >= 0.6 is 0 Å². The summed E-state index contributed by atoms with van der Waals surface area (Å²) in [5.41, 5.74) is 1.10. The predicted octanol–water partition coefficient (Wildman–Crippen LogP) is 5.21. The fourth-order valence-corrected chi connectivity index (χ4v) is 2.95. The normalized spacial score (nSPS) is 18.8. The van der Waals surface area contributed by atoms with Gasteiger partial charge < -0.3 is 9.47 Å². The molecule has 2 amide bonds. The SMILES string of the molecule is [2H]C1([2H])OC(=O)N(C(=O)/C=C/c2ccccc2Oc2ccccc2)[C@H]1c1ccccc1. The Kier molecular flexibility index (Phi) is 4.69. The summed E-state index contributed by atoms with van der Waals surface area (Å²) < 4.78 is 26.9. The molecule has 144 valence electrons. The van der Waals surface area contributed by atoms with Crippen molar-refractivity contribution in [2.75, 3.05) is 6.56 Å². The smallest absolute Gasteiger partial charge is 0.417 e. The third kappa shape index (κ3) is 4.19. The Bertz CT molecular complexity index is 1120. The van der Waals surface area contributed by atoms with Crippen molar-refractivity contribution in [1.82, 2.24) is 4.90 Å². The van der Waals surface area contributed by atoms with Crippen molar-refractivity contribution in [3.8, 4) is 11.5 Å². The van der Waals surface area contributed by atoms with Crippen LogP contribution in [0.25, 0.3) is 6.08 Å². The van der Waals surface area contributed by atoms with Gasteiger partial charge in [0.15, 0.2) is 0 Å². The molecule has 1 aliphatic heterocycles. The highest BCUT2D eigenvalue weighted by atomic mass is 16.6. The van der Waals surface area contributed by atoms with Crippen LogP contribution in [0.3, 0.4) is 0 Å². The van der Waals surface area contributed by atoms with Gasteiger partial charge in [-0.2, -0.15) is 0 Å². The number of amides is 2. The summed E-state index contributed by atoms with van der Waals surface area (Å²) in [5, 5.41) is 0. The standard InChI is InChI=1S/C24H19NO4/c26-23(25-21(17-28-24(25)27)18-9-3-1-4-10-18)16-15-19-11-7-8-14-22(19)29-20-12-5-2-6-13-20/h1-16,21H,17H2/b16-15+/t21-/m1/s1/i17D2. The zero-order valence-electron chi connectivity index (χ0n) is 17.4. The van der Waals surface area contributed by atoms with E-state index >= 15 is 0 Å². The lowest BCUT2D eigenvalue weighted by atomic mass is 10.1. The van der Waals surface area contributed by atoms with E-state index in [4.69, 9.17) is 12.2 Å². The van der Waals surface area contributed by atoms with Gasteiger partial charge in [-0.1, -0.05) is 66.7 Å². The average Bonchev–Trinajstić information content (AvgIpc) is 3.02. The van der Waals surface area contributed by atoms with Crippen molar-refractivity contribution in [3.63, 3.8) is 0 Å². The third-order valence-electron chi connectivity index (χ3n) is 4.36. The molecule has 1 heterocycles. The number of carbonyl (C=O) groups is 2. The number of imide groups is 1. The molecule has 0 spiro atoms. The molecule has 3 aromatic rings. The maximum absolute atomic E-state index is 12.9. The van der Waals surface area contributed by atoms with Crippen LogP contribution in [0.15, 0.2) is 91.0 Å². The van der Waals surface area contributed by atoms with Gasteiger partial charge in [0.2, 0.25) is 0 Å². The van der Waals surface area contributed by atoms with Crippen LogP contribution in [0, 0.1) is 0 Å². The van der Waals surface area contributed by atoms with Crippen LogP contribution in [0.1, 0.15) is 19.9 Å². The third-order valence-corrected chi connectivity index (χ3v) is 4.36. The number of hydrogen-bond donors (Lipinski definition) is 0. The van der Waals surface area contributed by atoms with Crippen molar-refractivity contribution in [3.05, 3.63) is 102 Å². The minimum absolute atomic E-state index is 0.466. The quantitative estimate of drug-likeness (QED) is 0.564. The van der Waals surface area contributed by atoms with Crippen LogP contribution < -0.4 is 4.74 Å². The van der Waals surface area contributed by atoms with Gasteiger partial charge in [-0.3, -0.25) is 4.79 Å². The number of nitrogens with zero attached hydrogens (tertiary/aromatic N) is 1. The number of para-hydroxylation sites is 2. The maximum atomic E-state index is 12.9. The number of ether oxygens (including phenoxy) is 2. The fourth-order valence-electron chi connectivity index (χ4n) is 2.95. The highest BCUT2D eigenvalue weighted by Crippen LogP contribution is 2.29. The van der Waals surface area contributed by atoms with E-state index in [0.29, 0.717) is 22.6 Å². The van der Waals surface area contributed by atoms with Gasteiger partial charge in [0.1, 0.15) is 24.1 Å². The zero-order chi connectivity index (χ0) is 21.8. The molecule has 3 aromatic carbocycles. The molecule has 0 radical (unpaired) electrons. The van der Waals surface area contributed by atoms with Crippen molar-refractivity contribution >= 4 is 18.1 Å². The summed E-state index contributed by atoms with van der Waals surface area (Å²) in [6, 6.07) is 23.7. The minimum atomic E-state index is -2.34. The Morgan fingerprint density at radius 2 is 1.66 bits per heavy atom. The van der Waals surface area contributed by atoms with Crippen molar-refractivity contribution in [2.45, 2.75) is 6.04 Å². The molecule has 29 heavy (non-hydrogen) atoms. The topological polar surface area (TPSA) is 55.8 Å². The average molecular weight is 387 g/mol. The molecule has 0 bridgehead atoms. The molecule has 0 aliphatic carbocycles. The number of cyclic esters (lactones) is 1. The van der Waals surface area contributed by atoms with Gasteiger partial charge in [0.25, 0.3) is 5.91 Å². The molecule has 0 N–H and O–H groups in total. The summed E-state index contributed by atoms with van der Waals surface area (Å²) >= 11 is 0. The summed E-state index contributed by atoms with van der Waals surface area (Å²) in [4.78, 5) is 26.0. The van der Waals surface area contributed by atoms with Crippen LogP contribution in [-0.2, 0) is 9.53 Å². The number of carbonyl (C=O) groups excluding carboxylic acids is 2. The van der Waals surface area contributed by atoms with E-state index in [1.165, 1.54) is 12.2 Å². The van der Waals surface area contributed by atoms with Gasteiger partial charge >= 0.3 is 6.09 Å². The largest absolute Gasteiger partial charge is 0.457 e. The molecule has 1 saturated heterocycles. The molecule has 1 atom stereocenters. The summed E-state index contributed by atoms with van der Waals surface area (Å²) in [6.07, 6.45) is 1.72. The highest BCUT2D eigenvalue weighted by Gasteiger charge is 2.37. The Morgan fingerprint density at radius 3 is 2.41 bits per heavy atom. The first-order chi connectivity index (χ1) is 15.0. The minimum Gasteiger partial charge on any atom is -0.457 e. The van der Waals surface area contributed by atoms with E-state index in [2.05, 4.69) is 0 Å². The van der Waals surface area contributed by atoms with Crippen LogP contribution in [0.5, 0.6) is 11.5 Å². The van der Waals surface area contributed by atoms with E-state index < -0.39 is 24.6 Å². The molecule has 1 aliphatic rings. The number of benzene rings is 3. The van der Waals surface area contributed by atoms with Crippen LogP contribution in [0.4, 0.5) is 4.79 Å². The lowest BCUT2D eigenvalue weighted by molar-refractivity contribution is -0.124. The molecule has 4 rings (SSSR count). The molecule has 0 aromatic heterocycles. The summed E-state index contributed by atoms with van der Waals surface area (Å²) in [5.74, 6) is 0.501. The van der Waals surface area contributed by atoms with Crippen molar-refractivity contribution in [1.29, 1.82) is 0 Å². The Labute approximate surface area is 171 Å². The zero-order valence-corrected chi connectivity index (χ0v) is 15.4. The van der Waals surface area contributed by atoms with Gasteiger partial charge in [-0.05, 0) is 29.8 Å². The van der Waals surface area contributed by atoms with Crippen LogP contribution in [0.2, 0.25) is 0 Å². The second-order valence-corrected chi connectivity index (χ2v) is 6.29. The predicted molar refractivity (Wildman–Crippen MR) is 109 cm³/mol. The molecular formula is C24H19NO4. The first kappa shape index (κ1) is 16.1. The number of hydrogen-bond acceptors (Lipinski definition) is 4. The van der Waals surface area contributed by atoms with Gasteiger partial charge in [0, 0.05) is 11.6 Å². The van der Waals surface area contributed by atoms with Gasteiger partial charge in [0.05, 0.1) is 2.74 Å². The fraction of sp³-hybridized carbons (Fsp3) is 0.0833. The molecule has 5 heteroatoms. The van der Waals surface area contributed by atoms with Crippen molar-refractivity contribution < 1.29 is 21.8 Å². The lowest BCUT2D eigenvalue weighted by Gasteiger charge is -2.18. The second kappa shape index (κ2) is 8.44. The number of rotatable bonds is 5. The molecule has 0 unspecified atom stereocenters. The summed E-state index contributed by atoms with van der Waals surface area (Å²) in [6.45, 7) is -2.34. The molecule has 0 saturated carbocycles. The van der Waals surface area contributed by atoms with E-state index in [1.54, 1.807) is 48.5 Å². The molecular weight excluding hydrogens is 366 g/mol. The lowest BCUT2D eigenvalue weighted by Crippen LogP contribution is -2.32. The van der Waals surface area contributed by atoms with E-state index in [0.717, 1.165) is 4.90 Å².